The third kappa shape index (κ3) is 5.79. The second-order valence-electron chi connectivity index (χ2n) is 12.2. The summed E-state index contributed by atoms with van der Waals surface area (Å²) in [5.74, 6) is 2.47. The van der Waals surface area contributed by atoms with Gasteiger partial charge in [-0.25, -0.2) is 19.6 Å². The first-order valence-electron chi connectivity index (χ1n) is 15.2. The number of nitrogens with one attached hydrogen (secondary N) is 3. The molecule has 5 aliphatic heterocycles. The number of amides is 2. The average Bonchev–Trinajstić information content (AvgIpc) is 2.96. The minimum atomic E-state index is -0.390. The van der Waals surface area contributed by atoms with Gasteiger partial charge in [0.25, 0.3) is 11.8 Å². The maximum Gasteiger partial charge on any atom is 0.262 e. The summed E-state index contributed by atoms with van der Waals surface area (Å²) in [4.78, 5) is 27.4. The van der Waals surface area contributed by atoms with E-state index in [9.17, 15) is 18.4 Å². The fourth-order valence-corrected chi connectivity index (χ4v) is 6.30. The summed E-state index contributed by atoms with van der Waals surface area (Å²) in [5, 5.41) is 11.3. The van der Waals surface area contributed by atoms with E-state index in [1.807, 2.05) is 22.8 Å². The van der Waals surface area contributed by atoms with Gasteiger partial charge in [0.05, 0.1) is 11.4 Å². The molecule has 8 rings (SSSR count). The van der Waals surface area contributed by atoms with Crippen LogP contribution in [0.2, 0.25) is 0 Å². The van der Waals surface area contributed by atoms with Crippen molar-refractivity contribution in [3.05, 3.63) is 47.0 Å². The van der Waals surface area contributed by atoms with Crippen molar-refractivity contribution in [2.45, 2.75) is 58.0 Å². The summed E-state index contributed by atoms with van der Waals surface area (Å²) in [6, 6.07) is 5.72. The van der Waals surface area contributed by atoms with Gasteiger partial charge < -0.3 is 24.6 Å². The second kappa shape index (κ2) is 12.4. The van der Waals surface area contributed by atoms with Crippen molar-refractivity contribution in [3.63, 3.8) is 0 Å². The number of nitrogens with zero attached hydrogens (tertiary/aromatic N) is 4. The van der Waals surface area contributed by atoms with Crippen molar-refractivity contribution < 1.29 is 27.8 Å². The Hall–Kier alpha value is -3.97. The second-order valence-corrected chi connectivity index (χ2v) is 12.2. The van der Waals surface area contributed by atoms with Gasteiger partial charge in [0.1, 0.15) is 48.4 Å². The van der Waals surface area contributed by atoms with E-state index in [1.54, 1.807) is 13.0 Å². The predicted octanol–water partition coefficient (Wildman–Crippen LogP) is 3.24. The first kappa shape index (κ1) is 31.0. The van der Waals surface area contributed by atoms with Gasteiger partial charge in [0, 0.05) is 12.1 Å². The third-order valence-electron chi connectivity index (χ3n) is 9.28. The molecule has 5 heterocycles. The normalized spacial score (nSPS) is 23.2. The Morgan fingerprint density at radius 1 is 0.778 bits per heavy atom. The van der Waals surface area contributed by atoms with Gasteiger partial charge in [-0.15, -0.1) is 12.4 Å². The van der Waals surface area contributed by atoms with Crippen LogP contribution in [0.3, 0.4) is 0 Å². The average molecular weight is 644 g/mol. The molecule has 2 atom stereocenters. The molecule has 3 N–H and O–H groups in total. The molecule has 45 heavy (non-hydrogen) atoms. The highest BCUT2D eigenvalue weighted by Gasteiger charge is 2.37. The zero-order valence-corrected chi connectivity index (χ0v) is 25.9. The van der Waals surface area contributed by atoms with Gasteiger partial charge in [0.2, 0.25) is 0 Å². The van der Waals surface area contributed by atoms with Crippen LogP contribution in [-0.2, 0) is 22.4 Å². The summed E-state index contributed by atoms with van der Waals surface area (Å²) in [7, 11) is 0. The van der Waals surface area contributed by atoms with E-state index in [2.05, 4.69) is 26.4 Å². The number of halogens is 3. The molecule has 14 heteroatoms. The Morgan fingerprint density at radius 3 is 1.64 bits per heavy atom. The van der Waals surface area contributed by atoms with E-state index in [-0.39, 0.29) is 61.2 Å². The maximum atomic E-state index is 14.3. The maximum absolute atomic E-state index is 14.3. The predicted molar refractivity (Wildman–Crippen MR) is 167 cm³/mol. The van der Waals surface area contributed by atoms with Crippen molar-refractivity contribution in [2.75, 3.05) is 36.1 Å². The van der Waals surface area contributed by atoms with Gasteiger partial charge in [0.15, 0.2) is 11.7 Å². The van der Waals surface area contributed by atoms with Gasteiger partial charge in [-0.1, -0.05) is 19.3 Å². The molecule has 1 aliphatic carbocycles. The van der Waals surface area contributed by atoms with Crippen molar-refractivity contribution in [2.24, 2.45) is 22.0 Å². The molecule has 2 aromatic rings. The van der Waals surface area contributed by atoms with Crippen LogP contribution in [0, 0.1) is 23.5 Å². The molecule has 0 bridgehead atoms. The molecule has 11 nitrogen and oxygen atoms in total. The highest BCUT2D eigenvalue weighted by Crippen LogP contribution is 2.40. The quantitative estimate of drug-likeness (QED) is 0.468. The summed E-state index contributed by atoms with van der Waals surface area (Å²) < 4.78 is 39.7. The summed E-state index contributed by atoms with van der Waals surface area (Å²) in [6.45, 7) is 5.92. The molecule has 2 aromatic carbocycles. The molecular formula is C31H36ClF2N7O4. The van der Waals surface area contributed by atoms with Gasteiger partial charge in [-0.05, 0) is 74.9 Å². The van der Waals surface area contributed by atoms with Crippen LogP contribution in [0.25, 0.3) is 0 Å². The van der Waals surface area contributed by atoms with E-state index >= 15 is 0 Å². The number of anilines is 2. The van der Waals surface area contributed by atoms with Crippen molar-refractivity contribution in [1.82, 2.24) is 16.2 Å². The highest BCUT2D eigenvalue weighted by atomic mass is 35.5. The lowest BCUT2D eigenvalue weighted by Crippen LogP contribution is -2.55. The molecule has 0 spiro atoms. The zero-order valence-electron chi connectivity index (χ0n) is 25.1. The van der Waals surface area contributed by atoms with Crippen LogP contribution >= 0.6 is 12.4 Å². The van der Waals surface area contributed by atoms with Crippen LogP contribution in [0.4, 0.5) is 20.2 Å². The van der Waals surface area contributed by atoms with E-state index < -0.39 is 0 Å². The number of fused-ring (bicyclic) bond motifs is 6. The smallest absolute Gasteiger partial charge is 0.262 e. The topological polar surface area (TPSA) is 120 Å². The number of carbonyl (C=O) groups is 2. The fraction of sp³-hybridized carbons (Fsp3) is 0.484. The first-order valence-corrected chi connectivity index (χ1v) is 15.2. The third-order valence-corrected chi connectivity index (χ3v) is 9.28. The Kier molecular flexibility index (Phi) is 8.57. The monoisotopic (exact) mass is 643 g/mol. The Labute approximate surface area is 265 Å². The molecule has 240 valence electrons. The number of carbonyl (C=O) groups excluding carboxylic acids is 2. The van der Waals surface area contributed by atoms with Crippen LogP contribution in [0.5, 0.6) is 11.5 Å². The number of ether oxygens (including phenoxy) is 2. The summed E-state index contributed by atoms with van der Waals surface area (Å²) in [5.41, 5.74) is 7.79. The van der Waals surface area contributed by atoms with Gasteiger partial charge >= 0.3 is 0 Å². The number of amidine groups is 2. The Balaban J connectivity index is 0.000000155. The molecule has 0 aromatic heterocycles. The SMILES string of the molecule is CC1C(=O)NN=C2COc3cc(F)c(CC4CCC4)cc3N21.CC1C(=O)NN=C2COc3cc(F)c(CC4CNC4)cc3N21.Cl. The van der Waals surface area contributed by atoms with Crippen LogP contribution in [0.15, 0.2) is 34.5 Å². The standard InChI is InChI=1S/C16H18FN3O2.C15H17FN4O2.ClH/c1-9-16(21)19-18-15-8-22-14-7-12(17)11(5-10-3-2-4-10)6-13(14)20(9)15;1-8-15(21)19-18-14-7-22-13-4-11(16)10(2-9-5-17-6-9)3-12(13)20(8)14;/h6-7,9-10H,2-5,8H2,1H3,(H,19,21);3-4,8-9,17H,2,5-7H2,1H3,(H,19,21);1H. The Bertz CT molecular complexity index is 1460. The van der Waals surface area contributed by atoms with Gasteiger partial charge in [-0.2, -0.15) is 10.2 Å². The lowest BCUT2D eigenvalue weighted by molar-refractivity contribution is -0.123. The van der Waals surface area contributed by atoms with Gasteiger partial charge in [-0.3, -0.25) is 9.59 Å². The van der Waals surface area contributed by atoms with E-state index in [0.29, 0.717) is 52.6 Å². The summed E-state index contributed by atoms with van der Waals surface area (Å²) in [6.07, 6.45) is 5.01. The number of rotatable bonds is 4. The van der Waals surface area contributed by atoms with Crippen LogP contribution < -0.4 is 35.4 Å². The summed E-state index contributed by atoms with van der Waals surface area (Å²) >= 11 is 0. The minimum Gasteiger partial charge on any atom is -0.483 e. The number of hydrogen-bond acceptors (Lipinski definition) is 9. The number of hydrazone groups is 2. The molecule has 1 saturated heterocycles. The van der Waals surface area contributed by atoms with Crippen LogP contribution in [-0.4, -0.2) is 61.9 Å². The molecular weight excluding hydrogens is 608 g/mol. The number of benzene rings is 2. The number of hydrogen-bond donors (Lipinski definition) is 3. The van der Waals surface area contributed by atoms with Crippen molar-refractivity contribution >= 4 is 47.3 Å². The van der Waals surface area contributed by atoms with Crippen LogP contribution in [0.1, 0.15) is 44.2 Å². The van der Waals surface area contributed by atoms with E-state index in [4.69, 9.17) is 9.47 Å². The first-order chi connectivity index (χ1) is 21.3. The molecule has 6 aliphatic rings. The zero-order chi connectivity index (χ0) is 30.5. The molecule has 2 amide bonds. The molecule has 0 radical (unpaired) electrons. The highest BCUT2D eigenvalue weighted by molar-refractivity contribution is 6.10. The minimum absolute atomic E-state index is 0. The molecule has 1 saturated carbocycles. The van der Waals surface area contributed by atoms with E-state index in [1.165, 1.54) is 31.4 Å². The van der Waals surface area contributed by atoms with E-state index in [0.717, 1.165) is 30.9 Å². The van der Waals surface area contributed by atoms with Crippen molar-refractivity contribution in [1.29, 1.82) is 0 Å². The van der Waals surface area contributed by atoms with Crippen molar-refractivity contribution in [3.8, 4) is 11.5 Å². The molecule has 2 unspecified atom stereocenters. The Morgan fingerprint density at radius 2 is 1.24 bits per heavy atom. The largest absolute Gasteiger partial charge is 0.483 e. The molecule has 2 fully saturated rings. The lowest BCUT2D eigenvalue weighted by atomic mass is 9.81. The lowest BCUT2D eigenvalue weighted by Gasteiger charge is -2.38. The fourth-order valence-electron chi connectivity index (χ4n) is 6.30.